The Kier molecular flexibility index (Phi) is 2.55. The molecule has 0 radical (unpaired) electrons. The van der Waals surface area contributed by atoms with Crippen molar-refractivity contribution in [2.45, 2.75) is 6.92 Å². The lowest BCUT2D eigenvalue weighted by atomic mass is 10.1. The summed E-state index contributed by atoms with van der Waals surface area (Å²) in [5.74, 6) is -1.63. The van der Waals surface area contributed by atoms with Crippen molar-refractivity contribution in [2.75, 3.05) is 11.4 Å². The summed E-state index contributed by atoms with van der Waals surface area (Å²) in [4.78, 5) is 34.9. The monoisotopic (exact) mass is 234 g/mol. The van der Waals surface area contributed by atoms with Gasteiger partial charge in [-0.3, -0.25) is 4.79 Å². The third-order valence-electron chi connectivity index (χ3n) is 2.47. The number of carboxylic acid groups (broad SMARTS) is 1. The van der Waals surface area contributed by atoms with Crippen LogP contribution in [0.5, 0.6) is 0 Å². The van der Waals surface area contributed by atoms with Crippen molar-refractivity contribution >= 4 is 23.6 Å². The van der Waals surface area contributed by atoms with Gasteiger partial charge >= 0.3 is 12.0 Å². The Bertz CT molecular complexity index is 508. The maximum absolute atomic E-state index is 11.5. The third kappa shape index (κ3) is 1.84. The van der Waals surface area contributed by atoms with Crippen LogP contribution in [0.25, 0.3) is 0 Å². The third-order valence-corrected chi connectivity index (χ3v) is 2.47. The number of amides is 3. The first kappa shape index (κ1) is 11.1. The first-order valence-electron chi connectivity index (χ1n) is 4.95. The summed E-state index contributed by atoms with van der Waals surface area (Å²) >= 11 is 0. The molecule has 1 aliphatic heterocycles. The lowest BCUT2D eigenvalue weighted by molar-refractivity contribution is -0.115. The van der Waals surface area contributed by atoms with Crippen molar-refractivity contribution in [3.8, 4) is 0 Å². The first-order chi connectivity index (χ1) is 8.00. The summed E-state index contributed by atoms with van der Waals surface area (Å²) in [6.07, 6.45) is 0. The van der Waals surface area contributed by atoms with E-state index in [2.05, 4.69) is 5.32 Å². The van der Waals surface area contributed by atoms with Gasteiger partial charge in [-0.25, -0.2) is 14.5 Å². The standard InChI is InChI=1S/C11H10N2O4/c1-6-2-3-8(7(4-6)10(15)16)13-9(14)5-12-11(13)17/h2-4H,5H2,1H3,(H,12,17)(H,15,16). The van der Waals surface area contributed by atoms with Crippen LogP contribution in [0, 0.1) is 6.92 Å². The van der Waals surface area contributed by atoms with Crippen molar-refractivity contribution < 1.29 is 19.5 Å². The van der Waals surface area contributed by atoms with E-state index >= 15 is 0 Å². The minimum atomic E-state index is -1.17. The highest BCUT2D eigenvalue weighted by atomic mass is 16.4. The van der Waals surface area contributed by atoms with E-state index in [1.54, 1.807) is 13.0 Å². The molecule has 0 unspecified atom stereocenters. The summed E-state index contributed by atoms with van der Waals surface area (Å²) in [7, 11) is 0. The first-order valence-corrected chi connectivity index (χ1v) is 4.95. The number of carbonyl (C=O) groups excluding carboxylic acids is 2. The van der Waals surface area contributed by atoms with Gasteiger partial charge in [-0.2, -0.15) is 0 Å². The molecule has 0 aliphatic carbocycles. The van der Waals surface area contributed by atoms with Crippen LogP contribution in [0.3, 0.4) is 0 Å². The highest BCUT2D eigenvalue weighted by Gasteiger charge is 2.32. The largest absolute Gasteiger partial charge is 0.478 e. The van der Waals surface area contributed by atoms with E-state index in [-0.39, 0.29) is 17.8 Å². The second-order valence-corrected chi connectivity index (χ2v) is 3.71. The average molecular weight is 234 g/mol. The molecule has 1 aromatic carbocycles. The Morgan fingerprint density at radius 2 is 2.12 bits per heavy atom. The number of hydrogen-bond donors (Lipinski definition) is 2. The van der Waals surface area contributed by atoms with E-state index in [0.29, 0.717) is 0 Å². The molecular weight excluding hydrogens is 224 g/mol. The van der Waals surface area contributed by atoms with Crippen LogP contribution in [-0.4, -0.2) is 29.6 Å². The predicted molar refractivity (Wildman–Crippen MR) is 59.0 cm³/mol. The van der Waals surface area contributed by atoms with Crippen molar-refractivity contribution in [3.63, 3.8) is 0 Å². The van der Waals surface area contributed by atoms with Gasteiger partial charge in [-0.15, -0.1) is 0 Å². The Morgan fingerprint density at radius 1 is 1.41 bits per heavy atom. The van der Waals surface area contributed by atoms with Gasteiger partial charge in [0.15, 0.2) is 0 Å². The van der Waals surface area contributed by atoms with Crippen LogP contribution in [0.2, 0.25) is 0 Å². The van der Waals surface area contributed by atoms with Crippen LogP contribution in [0.15, 0.2) is 18.2 Å². The zero-order valence-corrected chi connectivity index (χ0v) is 9.06. The van der Waals surface area contributed by atoms with Gasteiger partial charge in [0.05, 0.1) is 17.8 Å². The minimum absolute atomic E-state index is 0.0598. The van der Waals surface area contributed by atoms with Crippen LogP contribution >= 0.6 is 0 Å². The van der Waals surface area contributed by atoms with Gasteiger partial charge in [0.25, 0.3) is 5.91 Å². The smallest absolute Gasteiger partial charge is 0.337 e. The summed E-state index contributed by atoms with van der Waals surface area (Å²) in [6.45, 7) is 1.63. The second kappa shape index (κ2) is 3.89. The molecule has 1 aromatic rings. The normalized spacial score (nSPS) is 15.0. The molecule has 6 heteroatoms. The van der Waals surface area contributed by atoms with Crippen molar-refractivity contribution in [3.05, 3.63) is 29.3 Å². The van der Waals surface area contributed by atoms with Crippen molar-refractivity contribution in [1.29, 1.82) is 0 Å². The van der Waals surface area contributed by atoms with Crippen LogP contribution in [0.4, 0.5) is 10.5 Å². The lowest BCUT2D eigenvalue weighted by Crippen LogP contribution is -2.32. The number of imide groups is 1. The quantitative estimate of drug-likeness (QED) is 0.739. The number of hydrogen-bond acceptors (Lipinski definition) is 3. The molecule has 0 atom stereocenters. The van der Waals surface area contributed by atoms with Gasteiger partial charge in [-0.1, -0.05) is 11.6 Å². The summed E-state index contributed by atoms with van der Waals surface area (Å²) in [6, 6.07) is 3.94. The van der Waals surface area contributed by atoms with Crippen LogP contribution in [0.1, 0.15) is 15.9 Å². The van der Waals surface area contributed by atoms with Crippen molar-refractivity contribution in [2.24, 2.45) is 0 Å². The number of nitrogens with one attached hydrogen (secondary N) is 1. The van der Waals surface area contributed by atoms with E-state index in [4.69, 9.17) is 5.11 Å². The lowest BCUT2D eigenvalue weighted by Gasteiger charge is -2.15. The molecule has 0 spiro atoms. The Balaban J connectivity index is 2.55. The number of aromatic carboxylic acids is 1. The number of nitrogens with zero attached hydrogens (tertiary/aromatic N) is 1. The Hall–Kier alpha value is -2.37. The number of carbonyl (C=O) groups is 3. The number of benzene rings is 1. The molecule has 2 rings (SSSR count). The molecule has 3 amide bonds. The van der Waals surface area contributed by atoms with Crippen LogP contribution < -0.4 is 10.2 Å². The molecule has 0 aromatic heterocycles. The number of urea groups is 1. The molecule has 6 nitrogen and oxygen atoms in total. The average Bonchev–Trinajstić information content (AvgIpc) is 2.59. The SMILES string of the molecule is Cc1ccc(N2C(=O)CNC2=O)c(C(=O)O)c1. The topological polar surface area (TPSA) is 86.7 Å². The second-order valence-electron chi connectivity index (χ2n) is 3.71. The summed E-state index contributed by atoms with van der Waals surface area (Å²) < 4.78 is 0. The van der Waals surface area contributed by atoms with E-state index in [1.165, 1.54) is 12.1 Å². The number of anilines is 1. The maximum atomic E-state index is 11.5. The molecule has 1 saturated heterocycles. The molecule has 1 heterocycles. The number of carboxylic acids is 1. The predicted octanol–water partition coefficient (Wildman–Crippen LogP) is 0.749. The molecular formula is C11H10N2O4. The maximum Gasteiger partial charge on any atom is 0.337 e. The van der Waals surface area contributed by atoms with E-state index in [9.17, 15) is 14.4 Å². The molecule has 1 fully saturated rings. The molecule has 17 heavy (non-hydrogen) atoms. The molecule has 1 aliphatic rings. The van der Waals surface area contributed by atoms with Gasteiger partial charge in [0.2, 0.25) is 0 Å². The highest BCUT2D eigenvalue weighted by molar-refractivity contribution is 6.21. The molecule has 0 bridgehead atoms. The minimum Gasteiger partial charge on any atom is -0.478 e. The molecule has 0 saturated carbocycles. The zero-order chi connectivity index (χ0) is 12.6. The summed E-state index contributed by atoms with van der Waals surface area (Å²) in [5.41, 5.74) is 0.789. The molecule has 88 valence electrons. The Labute approximate surface area is 96.8 Å². The van der Waals surface area contributed by atoms with Gasteiger partial charge in [0.1, 0.15) is 0 Å². The number of rotatable bonds is 2. The van der Waals surface area contributed by atoms with E-state index < -0.39 is 17.9 Å². The fraction of sp³-hybridized carbons (Fsp3) is 0.182. The fourth-order valence-corrected chi connectivity index (χ4v) is 1.68. The van der Waals surface area contributed by atoms with Crippen molar-refractivity contribution in [1.82, 2.24) is 5.32 Å². The zero-order valence-electron chi connectivity index (χ0n) is 9.06. The van der Waals surface area contributed by atoms with Crippen LogP contribution in [-0.2, 0) is 4.79 Å². The number of aryl methyl sites for hydroxylation is 1. The highest BCUT2D eigenvalue weighted by Crippen LogP contribution is 2.24. The van der Waals surface area contributed by atoms with Gasteiger partial charge in [0, 0.05) is 0 Å². The van der Waals surface area contributed by atoms with Gasteiger partial charge in [-0.05, 0) is 19.1 Å². The van der Waals surface area contributed by atoms with E-state index in [0.717, 1.165) is 10.5 Å². The fourth-order valence-electron chi connectivity index (χ4n) is 1.68. The Morgan fingerprint density at radius 3 is 2.65 bits per heavy atom. The van der Waals surface area contributed by atoms with E-state index in [1.807, 2.05) is 0 Å². The molecule has 2 N–H and O–H groups in total. The van der Waals surface area contributed by atoms with Gasteiger partial charge < -0.3 is 10.4 Å². The summed E-state index contributed by atoms with van der Waals surface area (Å²) in [5, 5.41) is 11.4.